The van der Waals surface area contributed by atoms with Gasteiger partial charge < -0.3 is 9.88 Å². The molecule has 1 aliphatic rings. The molecule has 1 atom stereocenters. The Morgan fingerprint density at radius 2 is 1.95 bits per heavy atom. The molecular formula is C17H19N3O. The fraction of sp³-hybridized carbons (Fsp3) is 0.294. The molecule has 2 heterocycles. The number of nitrogens with one attached hydrogen (secondary N) is 1. The predicted octanol–water partition coefficient (Wildman–Crippen LogP) is 3.07. The predicted molar refractivity (Wildman–Crippen MR) is 82.8 cm³/mol. The number of rotatable bonds is 2. The van der Waals surface area contributed by atoms with Crippen LogP contribution in [0.5, 0.6) is 0 Å². The Balaban J connectivity index is 1.96. The molecule has 4 nitrogen and oxygen atoms in total. The number of imidazole rings is 1. The van der Waals surface area contributed by atoms with Gasteiger partial charge in [-0.3, -0.25) is 4.79 Å². The van der Waals surface area contributed by atoms with Crippen molar-refractivity contribution in [2.24, 2.45) is 5.92 Å². The molecule has 1 aromatic carbocycles. The first-order valence-electron chi connectivity index (χ1n) is 7.17. The molecule has 0 fully saturated rings. The Hall–Kier alpha value is -2.36. The first-order valence-corrected chi connectivity index (χ1v) is 7.17. The molecule has 0 aliphatic carbocycles. The Labute approximate surface area is 124 Å². The number of hydrogen-bond donors (Lipinski definition) is 1. The summed E-state index contributed by atoms with van der Waals surface area (Å²) in [5, 5.41) is 2.93. The van der Waals surface area contributed by atoms with E-state index in [1.54, 1.807) is 6.20 Å². The number of carbonyl (C=O) groups is 1. The third kappa shape index (κ3) is 2.49. The summed E-state index contributed by atoms with van der Waals surface area (Å²) in [6.45, 7) is 6.06. The molecule has 0 radical (unpaired) electrons. The fourth-order valence-corrected chi connectivity index (χ4v) is 3.03. The number of hydrogen-bond acceptors (Lipinski definition) is 2. The lowest BCUT2D eigenvalue weighted by Gasteiger charge is -2.25. The zero-order chi connectivity index (χ0) is 15.0. The van der Waals surface area contributed by atoms with E-state index in [-0.39, 0.29) is 11.8 Å². The summed E-state index contributed by atoms with van der Waals surface area (Å²) in [7, 11) is 0. The van der Waals surface area contributed by atoms with Crippen molar-refractivity contribution in [3.05, 3.63) is 53.7 Å². The van der Waals surface area contributed by atoms with E-state index in [0.29, 0.717) is 6.42 Å². The van der Waals surface area contributed by atoms with E-state index in [0.717, 1.165) is 17.2 Å². The largest absolute Gasteiger partial charge is 0.330 e. The van der Waals surface area contributed by atoms with E-state index in [1.807, 2.05) is 20.0 Å². The van der Waals surface area contributed by atoms with E-state index in [2.05, 4.69) is 46.1 Å². The zero-order valence-electron chi connectivity index (χ0n) is 12.6. The van der Waals surface area contributed by atoms with Gasteiger partial charge in [-0.1, -0.05) is 19.1 Å². The van der Waals surface area contributed by atoms with Gasteiger partial charge in [-0.15, -0.1) is 0 Å². The van der Waals surface area contributed by atoms with Gasteiger partial charge in [0.05, 0.1) is 0 Å². The minimum atomic E-state index is 0.106. The highest BCUT2D eigenvalue weighted by Gasteiger charge is 2.23. The van der Waals surface area contributed by atoms with Crippen LogP contribution in [-0.4, -0.2) is 15.5 Å². The van der Waals surface area contributed by atoms with Gasteiger partial charge in [-0.2, -0.15) is 0 Å². The topological polar surface area (TPSA) is 46.9 Å². The summed E-state index contributed by atoms with van der Waals surface area (Å²) in [4.78, 5) is 15.8. The zero-order valence-corrected chi connectivity index (χ0v) is 12.6. The normalized spacial score (nSPS) is 18.8. The van der Waals surface area contributed by atoms with Gasteiger partial charge in [0.15, 0.2) is 0 Å². The summed E-state index contributed by atoms with van der Waals surface area (Å²) >= 11 is 0. The van der Waals surface area contributed by atoms with Crippen LogP contribution in [0.4, 0.5) is 0 Å². The molecular weight excluding hydrogens is 262 g/mol. The Bertz CT molecular complexity index is 710. The summed E-state index contributed by atoms with van der Waals surface area (Å²) in [5.41, 5.74) is 4.45. The molecule has 108 valence electrons. The molecule has 0 saturated heterocycles. The van der Waals surface area contributed by atoms with Crippen molar-refractivity contribution in [2.45, 2.75) is 27.2 Å². The summed E-state index contributed by atoms with van der Waals surface area (Å²) in [6.07, 6.45) is 4.31. The number of amides is 1. The first kappa shape index (κ1) is 13.6. The van der Waals surface area contributed by atoms with Gasteiger partial charge >= 0.3 is 0 Å². The van der Waals surface area contributed by atoms with Gasteiger partial charge in [0, 0.05) is 30.2 Å². The number of carbonyl (C=O) groups excluding carboxylic acids is 1. The minimum Gasteiger partial charge on any atom is -0.330 e. The maximum Gasteiger partial charge on any atom is 0.224 e. The maximum atomic E-state index is 11.6. The van der Waals surface area contributed by atoms with Crippen LogP contribution in [-0.2, 0) is 4.79 Å². The summed E-state index contributed by atoms with van der Waals surface area (Å²) in [5.74, 6) is 1.32. The minimum absolute atomic E-state index is 0.106. The molecule has 3 rings (SSSR count). The van der Waals surface area contributed by atoms with Crippen LogP contribution in [0.1, 0.15) is 31.7 Å². The van der Waals surface area contributed by atoms with Gasteiger partial charge in [0.25, 0.3) is 0 Å². The lowest BCUT2D eigenvalue weighted by molar-refractivity contribution is -0.121. The van der Waals surface area contributed by atoms with Gasteiger partial charge in [0.2, 0.25) is 5.91 Å². The average molecular weight is 281 g/mol. The van der Waals surface area contributed by atoms with Crippen molar-refractivity contribution in [2.75, 3.05) is 0 Å². The third-order valence-corrected chi connectivity index (χ3v) is 4.00. The highest BCUT2D eigenvalue weighted by molar-refractivity contribution is 5.87. The fourth-order valence-electron chi connectivity index (χ4n) is 3.03. The number of nitrogens with zero attached hydrogens (tertiary/aromatic N) is 2. The lowest BCUT2D eigenvalue weighted by Crippen LogP contribution is -2.30. The van der Waals surface area contributed by atoms with Gasteiger partial charge in [0.1, 0.15) is 5.82 Å². The van der Waals surface area contributed by atoms with Crippen LogP contribution >= 0.6 is 0 Å². The number of aryl methyl sites for hydroxylation is 1. The van der Waals surface area contributed by atoms with Crippen molar-refractivity contribution >= 4 is 11.5 Å². The second-order valence-electron chi connectivity index (χ2n) is 5.58. The van der Waals surface area contributed by atoms with Crippen molar-refractivity contribution in [3.63, 3.8) is 0 Å². The van der Waals surface area contributed by atoms with Crippen molar-refractivity contribution in [1.82, 2.24) is 14.9 Å². The number of benzene rings is 1. The molecule has 1 N–H and O–H groups in total. The Kier molecular flexibility index (Phi) is 3.37. The molecule has 1 aliphatic heterocycles. The van der Waals surface area contributed by atoms with Crippen LogP contribution in [0, 0.1) is 12.8 Å². The van der Waals surface area contributed by atoms with E-state index >= 15 is 0 Å². The molecule has 0 spiro atoms. The second kappa shape index (κ2) is 5.20. The maximum absolute atomic E-state index is 11.6. The van der Waals surface area contributed by atoms with Crippen molar-refractivity contribution in [3.8, 4) is 5.69 Å². The van der Waals surface area contributed by atoms with E-state index in [9.17, 15) is 4.79 Å². The molecule has 2 aromatic rings. The van der Waals surface area contributed by atoms with Crippen LogP contribution < -0.4 is 5.32 Å². The Morgan fingerprint density at radius 3 is 2.52 bits per heavy atom. The smallest absolute Gasteiger partial charge is 0.224 e. The van der Waals surface area contributed by atoms with Crippen LogP contribution in [0.2, 0.25) is 0 Å². The first-order chi connectivity index (χ1) is 10.1. The lowest BCUT2D eigenvalue weighted by atomic mass is 9.87. The van der Waals surface area contributed by atoms with E-state index in [1.165, 1.54) is 11.1 Å². The van der Waals surface area contributed by atoms with Crippen LogP contribution in [0.15, 0.2) is 42.4 Å². The molecule has 21 heavy (non-hydrogen) atoms. The summed E-state index contributed by atoms with van der Waals surface area (Å²) in [6, 6.07) is 8.41. The van der Waals surface area contributed by atoms with Gasteiger partial charge in [-0.25, -0.2) is 4.98 Å². The molecule has 1 unspecified atom stereocenters. The standard InChI is InChI=1S/C17H19N3O/c1-11-10-16(21)19-12(2)17(11)14-4-6-15(7-5-14)20-9-8-18-13(20)3/h4-9,11H,10H2,1-3H3,(H,19,21). The quantitative estimate of drug-likeness (QED) is 0.919. The highest BCUT2D eigenvalue weighted by Crippen LogP contribution is 2.31. The Morgan fingerprint density at radius 1 is 1.24 bits per heavy atom. The van der Waals surface area contributed by atoms with Crippen molar-refractivity contribution < 1.29 is 4.79 Å². The molecule has 4 heteroatoms. The van der Waals surface area contributed by atoms with E-state index in [4.69, 9.17) is 0 Å². The molecule has 1 aromatic heterocycles. The van der Waals surface area contributed by atoms with E-state index < -0.39 is 0 Å². The average Bonchev–Trinajstić information content (AvgIpc) is 2.85. The third-order valence-electron chi connectivity index (χ3n) is 4.00. The second-order valence-corrected chi connectivity index (χ2v) is 5.58. The van der Waals surface area contributed by atoms with Crippen LogP contribution in [0.3, 0.4) is 0 Å². The molecule has 0 saturated carbocycles. The SMILES string of the molecule is CC1=C(c2ccc(-n3ccnc3C)cc2)C(C)CC(=O)N1. The summed E-state index contributed by atoms with van der Waals surface area (Å²) < 4.78 is 2.05. The van der Waals surface area contributed by atoms with Gasteiger partial charge in [-0.05, 0) is 43.0 Å². The monoisotopic (exact) mass is 281 g/mol. The van der Waals surface area contributed by atoms with Crippen molar-refractivity contribution in [1.29, 1.82) is 0 Å². The number of aromatic nitrogens is 2. The van der Waals surface area contributed by atoms with Crippen LogP contribution in [0.25, 0.3) is 11.3 Å². The molecule has 1 amide bonds. The number of allylic oxidation sites excluding steroid dienone is 2. The molecule has 0 bridgehead atoms. The highest BCUT2D eigenvalue weighted by atomic mass is 16.1.